The lowest BCUT2D eigenvalue weighted by atomic mass is 10.1. The van der Waals surface area contributed by atoms with E-state index in [1.165, 1.54) is 11.1 Å². The molecule has 4 rings (SSSR count). The van der Waals surface area contributed by atoms with Crippen molar-refractivity contribution in [3.8, 4) is 10.4 Å². The molecular weight excluding hydrogens is 364 g/mol. The van der Waals surface area contributed by atoms with Gasteiger partial charge in [0, 0.05) is 34.3 Å². The van der Waals surface area contributed by atoms with E-state index in [2.05, 4.69) is 24.3 Å². The lowest BCUT2D eigenvalue weighted by molar-refractivity contribution is -0.133. The Morgan fingerprint density at radius 3 is 2.35 bits per heavy atom. The summed E-state index contributed by atoms with van der Waals surface area (Å²) >= 11 is 7.62. The Morgan fingerprint density at radius 2 is 1.69 bits per heavy atom. The monoisotopic (exact) mass is 382 g/mol. The minimum Gasteiger partial charge on any atom is -0.333 e. The lowest BCUT2D eigenvalue weighted by Gasteiger charge is -2.20. The average Bonchev–Trinajstić information content (AvgIpc) is 3.28. The van der Waals surface area contributed by atoms with Gasteiger partial charge in [-0.15, -0.1) is 11.3 Å². The molecule has 26 heavy (non-hydrogen) atoms. The van der Waals surface area contributed by atoms with E-state index >= 15 is 0 Å². The number of amides is 1. The van der Waals surface area contributed by atoms with Gasteiger partial charge in [0.25, 0.3) is 0 Å². The van der Waals surface area contributed by atoms with E-state index in [0.717, 1.165) is 20.3 Å². The van der Waals surface area contributed by atoms with E-state index in [1.807, 2.05) is 41.3 Å². The van der Waals surface area contributed by atoms with Gasteiger partial charge in [0.05, 0.1) is 6.04 Å². The molecule has 0 radical (unpaired) electrons. The molecule has 0 fully saturated rings. The van der Waals surface area contributed by atoms with Crippen LogP contribution in [0.4, 0.5) is 0 Å². The number of rotatable bonds is 4. The Kier molecular flexibility index (Phi) is 4.81. The van der Waals surface area contributed by atoms with E-state index in [9.17, 15) is 4.79 Å². The fourth-order valence-corrected chi connectivity index (χ4v) is 4.48. The Labute approximate surface area is 162 Å². The summed E-state index contributed by atoms with van der Waals surface area (Å²) < 4.78 is 0. The van der Waals surface area contributed by atoms with Crippen LogP contribution >= 0.6 is 22.9 Å². The topological polar surface area (TPSA) is 46.3 Å². The molecule has 3 nitrogen and oxygen atoms in total. The summed E-state index contributed by atoms with van der Waals surface area (Å²) in [4.78, 5) is 16.8. The first-order valence-electron chi connectivity index (χ1n) is 8.56. The molecular formula is C21H19ClN2OS. The average molecular weight is 383 g/mol. The molecule has 0 spiro atoms. The van der Waals surface area contributed by atoms with Crippen LogP contribution in [0.2, 0.25) is 5.02 Å². The quantitative estimate of drug-likeness (QED) is 0.723. The van der Waals surface area contributed by atoms with E-state index < -0.39 is 6.04 Å². The van der Waals surface area contributed by atoms with Crippen molar-refractivity contribution in [2.24, 2.45) is 5.73 Å². The number of carbonyl (C=O) groups is 1. The second-order valence-electron chi connectivity index (χ2n) is 6.55. The Morgan fingerprint density at radius 1 is 1.04 bits per heavy atom. The van der Waals surface area contributed by atoms with Gasteiger partial charge in [0.2, 0.25) is 5.91 Å². The van der Waals surface area contributed by atoms with Crippen molar-refractivity contribution in [3.63, 3.8) is 0 Å². The van der Waals surface area contributed by atoms with Crippen LogP contribution in [0.15, 0.2) is 60.7 Å². The van der Waals surface area contributed by atoms with E-state index in [1.54, 1.807) is 11.3 Å². The van der Waals surface area contributed by atoms with Gasteiger partial charge in [0.15, 0.2) is 0 Å². The summed E-state index contributed by atoms with van der Waals surface area (Å²) in [6.45, 7) is 1.31. The second-order valence-corrected chi connectivity index (χ2v) is 8.15. The van der Waals surface area contributed by atoms with Gasteiger partial charge in [-0.1, -0.05) is 48.0 Å². The number of halogens is 1. The molecule has 1 aromatic heterocycles. The van der Waals surface area contributed by atoms with Crippen molar-refractivity contribution in [2.75, 3.05) is 0 Å². The molecule has 2 N–H and O–H groups in total. The van der Waals surface area contributed by atoms with Gasteiger partial charge in [-0.25, -0.2) is 0 Å². The first-order valence-corrected chi connectivity index (χ1v) is 9.75. The van der Waals surface area contributed by atoms with Crippen molar-refractivity contribution in [3.05, 3.63) is 81.7 Å². The minimum atomic E-state index is -0.513. The second kappa shape index (κ2) is 7.23. The summed E-state index contributed by atoms with van der Waals surface area (Å²) in [6, 6.07) is 19.6. The number of hydrogen-bond donors (Lipinski definition) is 1. The predicted molar refractivity (Wildman–Crippen MR) is 107 cm³/mol. The number of thiophene rings is 1. The van der Waals surface area contributed by atoms with Crippen molar-refractivity contribution in [1.29, 1.82) is 0 Å². The minimum absolute atomic E-state index is 0.0163. The Hall–Kier alpha value is -2.14. The molecule has 0 bridgehead atoms. The number of benzene rings is 2. The van der Waals surface area contributed by atoms with Gasteiger partial charge in [-0.05, 0) is 41.0 Å². The summed E-state index contributed by atoms with van der Waals surface area (Å²) in [5.41, 5.74) is 9.79. The van der Waals surface area contributed by atoms with Gasteiger partial charge in [0.1, 0.15) is 0 Å². The summed E-state index contributed by atoms with van der Waals surface area (Å²) in [5, 5.41) is 0.727. The van der Waals surface area contributed by atoms with Crippen molar-refractivity contribution in [2.45, 2.75) is 25.6 Å². The molecule has 2 aromatic carbocycles. The zero-order valence-corrected chi connectivity index (χ0v) is 15.8. The highest BCUT2D eigenvalue weighted by Gasteiger charge is 2.27. The summed E-state index contributed by atoms with van der Waals surface area (Å²) in [7, 11) is 0. The van der Waals surface area contributed by atoms with Crippen LogP contribution < -0.4 is 5.73 Å². The van der Waals surface area contributed by atoms with Crippen molar-refractivity contribution >= 4 is 28.8 Å². The van der Waals surface area contributed by atoms with Crippen LogP contribution in [0, 0.1) is 0 Å². The number of hydrogen-bond acceptors (Lipinski definition) is 3. The van der Waals surface area contributed by atoms with E-state index in [4.69, 9.17) is 17.3 Å². The molecule has 1 atom stereocenters. The van der Waals surface area contributed by atoms with Gasteiger partial charge in [-0.2, -0.15) is 0 Å². The fourth-order valence-electron chi connectivity index (χ4n) is 3.28. The smallest absolute Gasteiger partial charge is 0.240 e. The highest BCUT2D eigenvalue weighted by Crippen LogP contribution is 2.30. The molecule has 2 heterocycles. The molecule has 3 aromatic rings. The van der Waals surface area contributed by atoms with E-state index in [0.29, 0.717) is 19.5 Å². The molecule has 132 valence electrons. The first kappa shape index (κ1) is 17.3. The Balaban J connectivity index is 1.41. The maximum absolute atomic E-state index is 12.7. The molecule has 0 saturated heterocycles. The molecule has 1 amide bonds. The van der Waals surface area contributed by atoms with Crippen LogP contribution in [0.1, 0.15) is 16.0 Å². The van der Waals surface area contributed by atoms with Crippen LogP contribution in [-0.4, -0.2) is 16.8 Å². The van der Waals surface area contributed by atoms with Gasteiger partial charge in [-0.3, -0.25) is 4.79 Å². The zero-order valence-electron chi connectivity index (χ0n) is 14.2. The number of nitrogens with zero attached hydrogens (tertiary/aromatic N) is 1. The SMILES string of the molecule is NC(Cc1ccc(-c2ccc(Cl)cc2)s1)C(=O)N1Cc2ccccc2C1. The molecule has 5 heteroatoms. The number of fused-ring (bicyclic) bond motifs is 1. The maximum Gasteiger partial charge on any atom is 0.240 e. The van der Waals surface area contributed by atoms with Crippen molar-refractivity contribution in [1.82, 2.24) is 4.90 Å². The normalized spacial score (nSPS) is 14.3. The Bertz CT molecular complexity index is 910. The first-order chi connectivity index (χ1) is 12.6. The molecule has 0 saturated carbocycles. The third-order valence-corrected chi connectivity index (χ3v) is 6.09. The van der Waals surface area contributed by atoms with E-state index in [-0.39, 0.29) is 5.91 Å². The van der Waals surface area contributed by atoms with Gasteiger partial charge >= 0.3 is 0 Å². The summed E-state index contributed by atoms with van der Waals surface area (Å²) in [5.74, 6) is 0.0163. The fraction of sp³-hybridized carbons (Fsp3) is 0.190. The molecule has 1 aliphatic rings. The third kappa shape index (κ3) is 3.54. The third-order valence-electron chi connectivity index (χ3n) is 4.68. The van der Waals surface area contributed by atoms with Crippen LogP contribution in [-0.2, 0) is 24.3 Å². The largest absolute Gasteiger partial charge is 0.333 e. The van der Waals surface area contributed by atoms with Gasteiger partial charge < -0.3 is 10.6 Å². The molecule has 0 aliphatic carbocycles. The lowest BCUT2D eigenvalue weighted by Crippen LogP contribution is -2.42. The zero-order chi connectivity index (χ0) is 18.1. The van der Waals surface area contributed by atoms with Crippen LogP contribution in [0.5, 0.6) is 0 Å². The summed E-state index contributed by atoms with van der Waals surface area (Å²) in [6.07, 6.45) is 0.559. The van der Waals surface area contributed by atoms with Crippen LogP contribution in [0.25, 0.3) is 10.4 Å². The highest BCUT2D eigenvalue weighted by atomic mass is 35.5. The standard InChI is InChI=1S/C21H19ClN2OS/c22-17-7-5-14(6-8-17)20-10-9-18(26-20)11-19(23)21(25)24-12-15-3-1-2-4-16(15)13-24/h1-10,19H,11-13,23H2. The predicted octanol–water partition coefficient (Wildman–Crippen LogP) is 4.48. The maximum atomic E-state index is 12.7. The number of carbonyl (C=O) groups excluding carboxylic acids is 1. The van der Waals surface area contributed by atoms with Crippen LogP contribution in [0.3, 0.4) is 0 Å². The number of nitrogens with two attached hydrogens (primary N) is 1. The molecule has 1 aliphatic heterocycles. The van der Waals surface area contributed by atoms with Crippen molar-refractivity contribution < 1.29 is 4.79 Å². The molecule has 1 unspecified atom stereocenters. The highest BCUT2D eigenvalue weighted by molar-refractivity contribution is 7.15.